The van der Waals surface area contributed by atoms with Crippen LogP contribution >= 0.6 is 11.3 Å². The molecule has 0 saturated heterocycles. The molecular weight excluding hydrogens is 356 g/mol. The SMILES string of the molecule is CN(c1ccccc1)S(=O)(=O)NC(=O)c1cc2c(s1)CCC(C)(C)C2. The second-order valence-electron chi connectivity index (χ2n) is 7.14. The lowest BCUT2D eigenvalue weighted by atomic mass is 9.77. The van der Waals surface area contributed by atoms with Gasteiger partial charge in [-0.05, 0) is 48.4 Å². The van der Waals surface area contributed by atoms with Crippen LogP contribution in [0.4, 0.5) is 5.69 Å². The van der Waals surface area contributed by atoms with Crippen LogP contribution in [0.1, 0.15) is 40.4 Å². The molecule has 1 aromatic carbocycles. The average Bonchev–Trinajstić information content (AvgIpc) is 2.96. The molecule has 0 atom stereocenters. The summed E-state index contributed by atoms with van der Waals surface area (Å²) in [5.74, 6) is -0.569. The third-order valence-electron chi connectivity index (χ3n) is 4.52. The van der Waals surface area contributed by atoms with Gasteiger partial charge >= 0.3 is 10.2 Å². The van der Waals surface area contributed by atoms with Crippen LogP contribution in [0.15, 0.2) is 36.4 Å². The van der Waals surface area contributed by atoms with Crippen LogP contribution < -0.4 is 9.03 Å². The molecule has 1 N–H and O–H groups in total. The molecule has 7 heteroatoms. The van der Waals surface area contributed by atoms with Crippen molar-refractivity contribution < 1.29 is 13.2 Å². The Bertz CT molecular complexity index is 886. The van der Waals surface area contributed by atoms with Crippen LogP contribution in [0.3, 0.4) is 0 Å². The average molecular weight is 379 g/mol. The summed E-state index contributed by atoms with van der Waals surface area (Å²) in [6.07, 6.45) is 2.94. The number of nitrogens with one attached hydrogen (secondary N) is 1. The molecule has 1 heterocycles. The van der Waals surface area contributed by atoms with E-state index in [0.29, 0.717) is 10.6 Å². The van der Waals surface area contributed by atoms with Crippen molar-refractivity contribution in [3.8, 4) is 0 Å². The Morgan fingerprint density at radius 1 is 1.24 bits per heavy atom. The highest BCUT2D eigenvalue weighted by molar-refractivity contribution is 7.91. The van der Waals surface area contributed by atoms with E-state index in [1.165, 1.54) is 28.8 Å². The van der Waals surface area contributed by atoms with Gasteiger partial charge in [0.15, 0.2) is 0 Å². The van der Waals surface area contributed by atoms with Gasteiger partial charge in [0.2, 0.25) is 0 Å². The quantitative estimate of drug-likeness (QED) is 0.887. The number of rotatable bonds is 4. The van der Waals surface area contributed by atoms with Gasteiger partial charge in [0.25, 0.3) is 5.91 Å². The Hall–Kier alpha value is -1.86. The zero-order valence-corrected chi connectivity index (χ0v) is 16.2. The Balaban J connectivity index is 1.77. The molecule has 1 aromatic heterocycles. The topological polar surface area (TPSA) is 66.5 Å². The molecule has 1 aliphatic carbocycles. The third kappa shape index (κ3) is 3.88. The number of amides is 1. The van der Waals surface area contributed by atoms with Gasteiger partial charge in [-0.2, -0.15) is 8.42 Å². The monoisotopic (exact) mass is 378 g/mol. The number of hydrogen-bond donors (Lipinski definition) is 1. The molecule has 1 aliphatic rings. The summed E-state index contributed by atoms with van der Waals surface area (Å²) in [4.78, 5) is 14.1. The van der Waals surface area contributed by atoms with Gasteiger partial charge in [-0.3, -0.25) is 9.10 Å². The minimum Gasteiger partial charge on any atom is -0.267 e. The van der Waals surface area contributed by atoms with Crippen LogP contribution in [0.2, 0.25) is 0 Å². The van der Waals surface area contributed by atoms with Gasteiger partial charge in [-0.1, -0.05) is 32.0 Å². The number of nitrogens with zero attached hydrogens (tertiary/aromatic N) is 1. The standard InChI is InChI=1S/C18H22N2O3S2/c1-18(2)10-9-15-13(12-18)11-16(24-15)17(21)19-25(22,23)20(3)14-7-5-4-6-8-14/h4-8,11H,9-10,12H2,1-3H3,(H,19,21). The highest BCUT2D eigenvalue weighted by atomic mass is 32.2. The zero-order valence-electron chi connectivity index (χ0n) is 14.6. The summed E-state index contributed by atoms with van der Waals surface area (Å²) in [7, 11) is -2.52. The van der Waals surface area contributed by atoms with E-state index in [1.807, 2.05) is 6.07 Å². The van der Waals surface area contributed by atoms with Crippen LogP contribution in [0.5, 0.6) is 0 Å². The summed E-state index contributed by atoms with van der Waals surface area (Å²) in [6, 6.07) is 10.5. The van der Waals surface area contributed by atoms with E-state index in [9.17, 15) is 13.2 Å². The maximum Gasteiger partial charge on any atom is 0.326 e. The molecule has 0 bridgehead atoms. The van der Waals surface area contributed by atoms with Crippen LogP contribution in [-0.4, -0.2) is 21.4 Å². The predicted octanol–water partition coefficient (Wildman–Crippen LogP) is 3.37. The zero-order chi connectivity index (χ0) is 18.2. The molecule has 0 radical (unpaired) electrons. The van der Waals surface area contributed by atoms with E-state index >= 15 is 0 Å². The number of benzene rings is 1. The first-order chi connectivity index (χ1) is 11.7. The highest BCUT2D eigenvalue weighted by Crippen LogP contribution is 2.38. The second-order valence-corrected chi connectivity index (χ2v) is 9.98. The van der Waals surface area contributed by atoms with Crippen LogP contribution in [0.25, 0.3) is 0 Å². The first-order valence-corrected chi connectivity index (χ1v) is 10.4. The normalized spacial score (nSPS) is 16.1. The molecule has 0 fully saturated rings. The van der Waals surface area contributed by atoms with Crippen molar-refractivity contribution in [3.63, 3.8) is 0 Å². The summed E-state index contributed by atoms with van der Waals surface area (Å²) in [5.41, 5.74) is 1.89. The summed E-state index contributed by atoms with van der Waals surface area (Å²) in [5, 5.41) is 0. The van der Waals surface area contributed by atoms with Crippen molar-refractivity contribution in [2.24, 2.45) is 5.41 Å². The number of fused-ring (bicyclic) bond motifs is 1. The van der Waals surface area contributed by atoms with Crippen molar-refractivity contribution in [2.45, 2.75) is 33.1 Å². The molecule has 0 spiro atoms. The summed E-state index contributed by atoms with van der Waals surface area (Å²) < 4.78 is 28.2. The van der Waals surface area contributed by atoms with Crippen molar-refractivity contribution in [1.82, 2.24) is 4.72 Å². The van der Waals surface area contributed by atoms with Gasteiger partial charge in [0, 0.05) is 11.9 Å². The number of carbonyl (C=O) groups is 1. The fourth-order valence-corrected chi connectivity index (χ4v) is 5.03. The van der Waals surface area contributed by atoms with E-state index in [4.69, 9.17) is 0 Å². The fourth-order valence-electron chi connectivity index (χ4n) is 3.01. The number of anilines is 1. The van der Waals surface area contributed by atoms with Gasteiger partial charge in [-0.25, -0.2) is 4.72 Å². The molecule has 3 rings (SSSR count). The van der Waals surface area contributed by atoms with Crippen molar-refractivity contribution in [1.29, 1.82) is 0 Å². The Morgan fingerprint density at radius 3 is 2.60 bits per heavy atom. The lowest BCUT2D eigenvalue weighted by Crippen LogP contribution is -2.41. The van der Waals surface area contributed by atoms with Crippen molar-refractivity contribution in [3.05, 3.63) is 51.7 Å². The fraction of sp³-hybridized carbons (Fsp3) is 0.389. The number of hydrogen-bond acceptors (Lipinski definition) is 4. The molecule has 2 aromatic rings. The Labute approximate surface area is 152 Å². The number of thiophene rings is 1. The molecule has 1 amide bonds. The van der Waals surface area contributed by atoms with Crippen molar-refractivity contribution in [2.75, 3.05) is 11.4 Å². The Kier molecular flexibility index (Phi) is 4.64. The molecular formula is C18H22N2O3S2. The number of aryl methyl sites for hydroxylation is 1. The molecule has 25 heavy (non-hydrogen) atoms. The number of para-hydroxylation sites is 1. The molecule has 0 aliphatic heterocycles. The van der Waals surface area contributed by atoms with Gasteiger partial charge < -0.3 is 0 Å². The highest BCUT2D eigenvalue weighted by Gasteiger charge is 2.29. The van der Waals surface area contributed by atoms with E-state index in [0.717, 1.165) is 23.6 Å². The lowest BCUT2D eigenvalue weighted by Gasteiger charge is -2.29. The number of carbonyl (C=O) groups excluding carboxylic acids is 1. The molecule has 134 valence electrons. The first kappa shape index (κ1) is 17.9. The minimum atomic E-state index is -3.94. The smallest absolute Gasteiger partial charge is 0.267 e. The van der Waals surface area contributed by atoms with Gasteiger partial charge in [-0.15, -0.1) is 11.3 Å². The van der Waals surface area contributed by atoms with Gasteiger partial charge in [0.05, 0.1) is 10.6 Å². The second kappa shape index (κ2) is 6.46. The van der Waals surface area contributed by atoms with E-state index in [-0.39, 0.29) is 5.41 Å². The van der Waals surface area contributed by atoms with Gasteiger partial charge in [0.1, 0.15) is 0 Å². The molecule has 0 saturated carbocycles. The Morgan fingerprint density at radius 2 is 1.92 bits per heavy atom. The van der Waals surface area contributed by atoms with E-state index in [2.05, 4.69) is 18.6 Å². The maximum atomic E-state index is 12.5. The van der Waals surface area contributed by atoms with Crippen LogP contribution in [0, 0.1) is 5.41 Å². The van der Waals surface area contributed by atoms with Crippen LogP contribution in [-0.2, 0) is 23.1 Å². The first-order valence-electron chi connectivity index (χ1n) is 8.16. The third-order valence-corrected chi connectivity index (χ3v) is 7.13. The summed E-state index contributed by atoms with van der Waals surface area (Å²) in [6.45, 7) is 4.43. The van der Waals surface area contributed by atoms with E-state index in [1.54, 1.807) is 30.3 Å². The minimum absolute atomic E-state index is 0.224. The predicted molar refractivity (Wildman–Crippen MR) is 101 cm³/mol. The molecule has 5 nitrogen and oxygen atoms in total. The molecule has 0 unspecified atom stereocenters. The van der Waals surface area contributed by atoms with Crippen molar-refractivity contribution >= 4 is 33.1 Å². The maximum absolute atomic E-state index is 12.5. The summed E-state index contributed by atoms with van der Waals surface area (Å²) >= 11 is 1.40. The largest absolute Gasteiger partial charge is 0.326 e. The van der Waals surface area contributed by atoms with E-state index < -0.39 is 16.1 Å². The lowest BCUT2D eigenvalue weighted by molar-refractivity contribution is 0.0985.